The molecule has 3 nitrogen and oxygen atoms in total. The Bertz CT molecular complexity index is 653. The first kappa shape index (κ1) is 16.5. The van der Waals surface area contributed by atoms with Gasteiger partial charge in [0.1, 0.15) is 0 Å². The summed E-state index contributed by atoms with van der Waals surface area (Å²) < 4.78 is 2.16. The van der Waals surface area contributed by atoms with Crippen molar-refractivity contribution < 1.29 is 4.79 Å². The molecule has 0 saturated heterocycles. The van der Waals surface area contributed by atoms with Crippen molar-refractivity contribution in [3.05, 3.63) is 52.8 Å². The molecule has 3 heteroatoms. The molecule has 118 valence electrons. The Morgan fingerprint density at radius 1 is 1.14 bits per heavy atom. The second-order valence-electron chi connectivity index (χ2n) is 6.12. The number of carbonyl (C=O) groups excluding carboxylic acids is 1. The zero-order chi connectivity index (χ0) is 16.3. The largest absolute Gasteiger partial charge is 0.318 e. The van der Waals surface area contributed by atoms with Crippen LogP contribution in [0.15, 0.2) is 30.3 Å². The van der Waals surface area contributed by atoms with E-state index in [0.717, 1.165) is 35.6 Å². The van der Waals surface area contributed by atoms with Gasteiger partial charge in [0.15, 0.2) is 5.78 Å². The summed E-state index contributed by atoms with van der Waals surface area (Å²) in [6, 6.07) is 10.4. The average molecular weight is 298 g/mol. The normalized spacial score (nSPS) is 11.2. The number of likely N-dealkylation sites (N-methyl/N-ethyl adjacent to an activating group) is 1. The molecule has 0 atom stereocenters. The van der Waals surface area contributed by atoms with Gasteiger partial charge in [0.2, 0.25) is 0 Å². The number of hydrogen-bond acceptors (Lipinski definition) is 2. The standard InChI is InChI=1S/C19H26N2O/c1-6-11-20(5)13-19(22)18-12-15(3)21(16(18)4)17-9-7-14(2)8-10-17/h7-10,12H,6,11,13H2,1-5H3. The third-order valence-electron chi connectivity index (χ3n) is 4.04. The molecule has 0 amide bonds. The maximum Gasteiger partial charge on any atom is 0.178 e. The highest BCUT2D eigenvalue weighted by atomic mass is 16.1. The van der Waals surface area contributed by atoms with Crippen LogP contribution in [0, 0.1) is 20.8 Å². The molecule has 1 aromatic carbocycles. The number of nitrogens with zero attached hydrogens (tertiary/aromatic N) is 2. The average Bonchev–Trinajstić information content (AvgIpc) is 2.75. The van der Waals surface area contributed by atoms with E-state index < -0.39 is 0 Å². The van der Waals surface area contributed by atoms with E-state index in [1.807, 2.05) is 20.0 Å². The van der Waals surface area contributed by atoms with Crippen molar-refractivity contribution in [2.75, 3.05) is 20.1 Å². The topological polar surface area (TPSA) is 25.2 Å². The maximum atomic E-state index is 12.5. The second-order valence-corrected chi connectivity index (χ2v) is 6.12. The van der Waals surface area contributed by atoms with Crippen molar-refractivity contribution in [2.24, 2.45) is 0 Å². The number of ketones is 1. The van der Waals surface area contributed by atoms with Gasteiger partial charge in [-0.25, -0.2) is 0 Å². The molecule has 0 unspecified atom stereocenters. The molecule has 0 bridgehead atoms. The van der Waals surface area contributed by atoms with Crippen LogP contribution in [0.1, 0.15) is 40.7 Å². The van der Waals surface area contributed by atoms with Crippen LogP contribution in [0.4, 0.5) is 0 Å². The molecule has 0 fully saturated rings. The molecule has 0 aliphatic rings. The number of carbonyl (C=O) groups is 1. The summed E-state index contributed by atoms with van der Waals surface area (Å²) in [6.07, 6.45) is 1.06. The van der Waals surface area contributed by atoms with Crippen LogP contribution in [0.5, 0.6) is 0 Å². The van der Waals surface area contributed by atoms with Gasteiger partial charge in [0.25, 0.3) is 0 Å². The monoisotopic (exact) mass is 298 g/mol. The van der Waals surface area contributed by atoms with Crippen molar-refractivity contribution in [1.29, 1.82) is 0 Å². The number of Topliss-reactive ketones (excluding diaryl/α,β-unsaturated/α-hetero) is 1. The fourth-order valence-electron chi connectivity index (χ4n) is 2.93. The summed E-state index contributed by atoms with van der Waals surface area (Å²) in [7, 11) is 2.00. The fraction of sp³-hybridized carbons (Fsp3) is 0.421. The van der Waals surface area contributed by atoms with Crippen molar-refractivity contribution in [3.8, 4) is 5.69 Å². The molecule has 1 aromatic heterocycles. The number of aromatic nitrogens is 1. The summed E-state index contributed by atoms with van der Waals surface area (Å²) in [5.41, 5.74) is 5.31. The summed E-state index contributed by atoms with van der Waals surface area (Å²) in [4.78, 5) is 14.6. The number of benzene rings is 1. The van der Waals surface area contributed by atoms with Crippen LogP contribution in [0.3, 0.4) is 0 Å². The van der Waals surface area contributed by atoms with Gasteiger partial charge < -0.3 is 4.57 Å². The molecule has 2 rings (SSSR count). The first-order valence-electron chi connectivity index (χ1n) is 7.91. The summed E-state index contributed by atoms with van der Waals surface area (Å²) in [5.74, 6) is 0.197. The van der Waals surface area contributed by atoms with Crippen LogP contribution in [0.25, 0.3) is 5.69 Å². The van der Waals surface area contributed by atoms with E-state index in [4.69, 9.17) is 0 Å². The highest BCUT2D eigenvalue weighted by molar-refractivity contribution is 5.99. The van der Waals surface area contributed by atoms with Crippen LogP contribution < -0.4 is 0 Å². The molecule has 0 aliphatic heterocycles. The van der Waals surface area contributed by atoms with Gasteiger partial charge >= 0.3 is 0 Å². The minimum atomic E-state index is 0.197. The first-order chi connectivity index (χ1) is 10.4. The Kier molecular flexibility index (Phi) is 5.19. The van der Waals surface area contributed by atoms with Crippen molar-refractivity contribution >= 4 is 5.78 Å². The number of hydrogen-bond donors (Lipinski definition) is 0. The van der Waals surface area contributed by atoms with Crippen LogP contribution in [-0.2, 0) is 0 Å². The van der Waals surface area contributed by atoms with Gasteiger partial charge in [0, 0.05) is 22.6 Å². The first-order valence-corrected chi connectivity index (χ1v) is 7.91. The smallest absolute Gasteiger partial charge is 0.178 e. The molecule has 0 radical (unpaired) electrons. The summed E-state index contributed by atoms with van der Waals surface area (Å²) >= 11 is 0. The predicted molar refractivity (Wildman–Crippen MR) is 92.1 cm³/mol. The molecule has 1 heterocycles. The Morgan fingerprint density at radius 3 is 2.36 bits per heavy atom. The molecular formula is C19H26N2O. The lowest BCUT2D eigenvalue weighted by Crippen LogP contribution is -2.26. The Balaban J connectivity index is 2.31. The lowest BCUT2D eigenvalue weighted by molar-refractivity contribution is 0.0946. The summed E-state index contributed by atoms with van der Waals surface area (Å²) in [6.45, 7) is 9.72. The highest BCUT2D eigenvalue weighted by Crippen LogP contribution is 2.21. The zero-order valence-corrected chi connectivity index (χ0v) is 14.3. The van der Waals surface area contributed by atoms with Gasteiger partial charge in [-0.1, -0.05) is 24.6 Å². The maximum absolute atomic E-state index is 12.5. The Hall–Kier alpha value is -1.87. The van der Waals surface area contributed by atoms with Gasteiger partial charge in [0.05, 0.1) is 6.54 Å². The van der Waals surface area contributed by atoms with Crippen molar-refractivity contribution in [1.82, 2.24) is 9.47 Å². The lowest BCUT2D eigenvalue weighted by atomic mass is 10.1. The molecule has 0 spiro atoms. The van der Waals surface area contributed by atoms with Gasteiger partial charge in [-0.3, -0.25) is 9.69 Å². The predicted octanol–water partition coefficient (Wildman–Crippen LogP) is 3.93. The molecule has 22 heavy (non-hydrogen) atoms. The molecule has 0 N–H and O–H groups in total. The molecule has 0 aliphatic carbocycles. The van der Waals surface area contributed by atoms with E-state index >= 15 is 0 Å². The van der Waals surface area contributed by atoms with Gasteiger partial charge in [-0.15, -0.1) is 0 Å². The SMILES string of the molecule is CCCN(C)CC(=O)c1cc(C)n(-c2ccc(C)cc2)c1C. The summed E-state index contributed by atoms with van der Waals surface area (Å²) in [5, 5.41) is 0. The molecule has 2 aromatic rings. The van der Waals surface area contributed by atoms with Gasteiger partial charge in [-0.05, 0) is 59.0 Å². The zero-order valence-electron chi connectivity index (χ0n) is 14.3. The van der Waals surface area contributed by atoms with Crippen molar-refractivity contribution in [3.63, 3.8) is 0 Å². The van der Waals surface area contributed by atoms with E-state index in [2.05, 4.69) is 54.5 Å². The van der Waals surface area contributed by atoms with E-state index in [1.165, 1.54) is 5.56 Å². The minimum absolute atomic E-state index is 0.197. The number of aryl methyl sites for hydroxylation is 2. The third kappa shape index (κ3) is 3.47. The quantitative estimate of drug-likeness (QED) is 0.755. The molecular weight excluding hydrogens is 272 g/mol. The van der Waals surface area contributed by atoms with Gasteiger partial charge in [-0.2, -0.15) is 0 Å². The minimum Gasteiger partial charge on any atom is -0.318 e. The highest BCUT2D eigenvalue weighted by Gasteiger charge is 2.17. The van der Waals surface area contributed by atoms with E-state index in [9.17, 15) is 4.79 Å². The Labute approximate surface area is 133 Å². The van der Waals surface area contributed by atoms with Crippen LogP contribution in [0.2, 0.25) is 0 Å². The van der Waals surface area contributed by atoms with E-state index in [-0.39, 0.29) is 5.78 Å². The van der Waals surface area contributed by atoms with E-state index in [0.29, 0.717) is 6.54 Å². The Morgan fingerprint density at radius 2 is 1.77 bits per heavy atom. The molecule has 0 saturated carbocycles. The van der Waals surface area contributed by atoms with E-state index in [1.54, 1.807) is 0 Å². The number of rotatable bonds is 6. The fourth-order valence-corrected chi connectivity index (χ4v) is 2.93. The van der Waals surface area contributed by atoms with Crippen molar-refractivity contribution in [2.45, 2.75) is 34.1 Å². The lowest BCUT2D eigenvalue weighted by Gasteiger charge is -2.14. The van der Waals surface area contributed by atoms with Crippen LogP contribution in [-0.4, -0.2) is 35.4 Å². The third-order valence-corrected chi connectivity index (χ3v) is 4.04. The van der Waals surface area contributed by atoms with Crippen LogP contribution >= 0.6 is 0 Å². The second kappa shape index (κ2) is 6.93.